The first kappa shape index (κ1) is 14.1. The molecule has 3 rings (SSSR count). The standard InChI is InChI=1S/C17H14N2.ClH/c18-17-11-10-15-8-4-5-9-16(15)19(17)13-12-14-6-2-1-3-7-14;/h1-13,18H;1H. The fourth-order valence-corrected chi connectivity index (χ4v) is 2.13. The van der Waals surface area contributed by atoms with E-state index in [2.05, 4.69) is 30.3 Å². The first-order valence-corrected chi connectivity index (χ1v) is 6.26. The van der Waals surface area contributed by atoms with Crippen LogP contribution in [0.4, 0.5) is 5.82 Å². The molecule has 0 atom stereocenters. The van der Waals surface area contributed by atoms with Gasteiger partial charge in [0.05, 0.1) is 6.20 Å². The molecule has 0 amide bonds. The lowest BCUT2D eigenvalue weighted by Crippen LogP contribution is -3.00. The molecule has 0 fully saturated rings. The molecule has 0 radical (unpaired) electrons. The number of halogens is 1. The van der Waals surface area contributed by atoms with Crippen molar-refractivity contribution in [2.24, 2.45) is 0 Å². The van der Waals surface area contributed by atoms with Crippen molar-refractivity contribution in [2.75, 3.05) is 5.73 Å². The third kappa shape index (κ3) is 2.81. The zero-order valence-corrected chi connectivity index (χ0v) is 11.7. The lowest BCUT2D eigenvalue weighted by Gasteiger charge is -2.02. The number of rotatable bonds is 2. The van der Waals surface area contributed by atoms with Gasteiger partial charge in [-0.05, 0) is 23.8 Å². The second-order valence-corrected chi connectivity index (χ2v) is 4.41. The van der Waals surface area contributed by atoms with Crippen molar-refractivity contribution < 1.29 is 17.0 Å². The van der Waals surface area contributed by atoms with Crippen LogP contribution in [-0.2, 0) is 0 Å². The van der Waals surface area contributed by atoms with Crippen LogP contribution in [0.2, 0.25) is 0 Å². The molecule has 100 valence electrons. The molecule has 20 heavy (non-hydrogen) atoms. The summed E-state index contributed by atoms with van der Waals surface area (Å²) in [6.45, 7) is 0. The number of fused-ring (bicyclic) bond motifs is 1. The van der Waals surface area contributed by atoms with E-state index in [4.69, 9.17) is 5.73 Å². The van der Waals surface area contributed by atoms with Crippen molar-refractivity contribution >= 4 is 29.0 Å². The molecule has 0 aliphatic heterocycles. The minimum Gasteiger partial charge on any atom is -1.00 e. The Hall–Kier alpha value is -2.32. The SMILES string of the molecule is Nc1ccc2ccccc2[n+]1C=Cc1ccccc1.[Cl-]. The summed E-state index contributed by atoms with van der Waals surface area (Å²) in [7, 11) is 0. The molecule has 1 heterocycles. The van der Waals surface area contributed by atoms with E-state index in [9.17, 15) is 0 Å². The van der Waals surface area contributed by atoms with Gasteiger partial charge in [0.1, 0.15) is 5.52 Å². The van der Waals surface area contributed by atoms with E-state index in [1.54, 1.807) is 0 Å². The van der Waals surface area contributed by atoms with E-state index >= 15 is 0 Å². The average Bonchev–Trinajstić information content (AvgIpc) is 2.47. The molecule has 0 saturated carbocycles. The number of para-hydroxylation sites is 1. The molecule has 1 aromatic heterocycles. The molecule has 2 aromatic carbocycles. The number of nitrogen functional groups attached to an aromatic ring is 1. The van der Waals surface area contributed by atoms with E-state index in [1.165, 1.54) is 5.39 Å². The van der Waals surface area contributed by atoms with Crippen LogP contribution >= 0.6 is 0 Å². The van der Waals surface area contributed by atoms with Gasteiger partial charge in [-0.3, -0.25) is 5.73 Å². The van der Waals surface area contributed by atoms with E-state index < -0.39 is 0 Å². The maximum absolute atomic E-state index is 6.06. The van der Waals surface area contributed by atoms with Crippen molar-refractivity contribution in [3.8, 4) is 0 Å². The highest BCUT2D eigenvalue weighted by Crippen LogP contribution is 2.12. The topological polar surface area (TPSA) is 29.9 Å². The minimum absolute atomic E-state index is 0. The Morgan fingerprint density at radius 2 is 1.50 bits per heavy atom. The van der Waals surface area contributed by atoms with Gasteiger partial charge in [0.25, 0.3) is 5.82 Å². The Kier molecular flexibility index (Phi) is 4.38. The zero-order chi connectivity index (χ0) is 13.1. The molecule has 0 spiro atoms. The molecule has 0 unspecified atom stereocenters. The maximum atomic E-state index is 6.06. The average molecular weight is 283 g/mol. The second-order valence-electron chi connectivity index (χ2n) is 4.41. The quantitative estimate of drug-likeness (QED) is 0.675. The van der Waals surface area contributed by atoms with E-state index in [-0.39, 0.29) is 12.4 Å². The molecule has 2 N–H and O–H groups in total. The lowest BCUT2D eigenvalue weighted by atomic mass is 10.2. The summed E-state index contributed by atoms with van der Waals surface area (Å²) in [6, 6.07) is 22.4. The van der Waals surface area contributed by atoms with Crippen LogP contribution in [0.15, 0.2) is 66.7 Å². The van der Waals surface area contributed by atoms with Crippen LogP contribution in [0.5, 0.6) is 0 Å². The van der Waals surface area contributed by atoms with Gasteiger partial charge in [0.2, 0.25) is 0 Å². The Morgan fingerprint density at radius 3 is 2.30 bits per heavy atom. The third-order valence-electron chi connectivity index (χ3n) is 3.12. The molecule has 0 bridgehead atoms. The smallest absolute Gasteiger partial charge is 0.277 e. The highest BCUT2D eigenvalue weighted by Gasteiger charge is 2.06. The molecule has 3 heteroatoms. The number of hydrogen-bond acceptors (Lipinski definition) is 1. The number of nitrogens with two attached hydrogens (primary N) is 1. The maximum Gasteiger partial charge on any atom is 0.277 e. The number of anilines is 1. The Labute approximate surface area is 124 Å². The van der Waals surface area contributed by atoms with E-state index in [1.807, 2.05) is 53.2 Å². The molecule has 2 nitrogen and oxygen atoms in total. The van der Waals surface area contributed by atoms with Crippen LogP contribution in [0, 0.1) is 0 Å². The lowest BCUT2D eigenvalue weighted by molar-refractivity contribution is -0.521. The van der Waals surface area contributed by atoms with Gasteiger partial charge < -0.3 is 12.4 Å². The summed E-state index contributed by atoms with van der Waals surface area (Å²) in [5.41, 5.74) is 8.32. The van der Waals surface area contributed by atoms with Crippen molar-refractivity contribution in [3.05, 3.63) is 72.3 Å². The van der Waals surface area contributed by atoms with Crippen LogP contribution in [0.25, 0.3) is 23.2 Å². The van der Waals surface area contributed by atoms with Crippen LogP contribution in [0.1, 0.15) is 5.56 Å². The Balaban J connectivity index is 0.00000147. The number of aromatic nitrogens is 1. The molecular weight excluding hydrogens is 268 g/mol. The van der Waals surface area contributed by atoms with Gasteiger partial charge >= 0.3 is 0 Å². The number of hydrogen-bond donors (Lipinski definition) is 1. The van der Waals surface area contributed by atoms with Crippen molar-refractivity contribution in [1.29, 1.82) is 0 Å². The van der Waals surface area contributed by atoms with Gasteiger partial charge in [-0.15, -0.1) is 0 Å². The summed E-state index contributed by atoms with van der Waals surface area (Å²) in [5.74, 6) is 0.728. The van der Waals surface area contributed by atoms with Crippen molar-refractivity contribution in [1.82, 2.24) is 0 Å². The first-order chi connectivity index (χ1) is 9.34. The summed E-state index contributed by atoms with van der Waals surface area (Å²) >= 11 is 0. The van der Waals surface area contributed by atoms with Gasteiger partial charge in [-0.2, -0.15) is 4.57 Å². The highest BCUT2D eigenvalue weighted by atomic mass is 35.5. The molecule has 0 saturated heterocycles. The van der Waals surface area contributed by atoms with Gasteiger partial charge in [-0.1, -0.05) is 48.5 Å². The number of nitrogens with zero attached hydrogens (tertiary/aromatic N) is 1. The van der Waals surface area contributed by atoms with E-state index in [0.29, 0.717) is 0 Å². The Morgan fingerprint density at radius 1 is 0.800 bits per heavy atom. The van der Waals surface area contributed by atoms with Crippen LogP contribution in [-0.4, -0.2) is 0 Å². The van der Waals surface area contributed by atoms with Gasteiger partial charge in [0.15, 0.2) is 0 Å². The largest absolute Gasteiger partial charge is 1.00 e. The van der Waals surface area contributed by atoms with Crippen LogP contribution in [0.3, 0.4) is 0 Å². The summed E-state index contributed by atoms with van der Waals surface area (Å²) in [6.07, 6.45) is 4.07. The normalized spacial score (nSPS) is 10.6. The monoisotopic (exact) mass is 282 g/mol. The van der Waals surface area contributed by atoms with E-state index in [0.717, 1.165) is 16.9 Å². The summed E-state index contributed by atoms with van der Waals surface area (Å²) < 4.78 is 2.00. The summed E-state index contributed by atoms with van der Waals surface area (Å²) in [4.78, 5) is 0. The predicted octanol–water partition coefficient (Wildman–Crippen LogP) is 0.341. The second kappa shape index (κ2) is 6.22. The molecular formula is C17H15ClN2. The van der Waals surface area contributed by atoms with Gasteiger partial charge in [-0.25, -0.2) is 0 Å². The zero-order valence-electron chi connectivity index (χ0n) is 10.9. The highest BCUT2D eigenvalue weighted by molar-refractivity contribution is 5.77. The Bertz CT molecular complexity index is 736. The predicted molar refractivity (Wildman–Crippen MR) is 80.2 cm³/mol. The summed E-state index contributed by atoms with van der Waals surface area (Å²) in [5, 5.41) is 1.18. The van der Waals surface area contributed by atoms with Gasteiger partial charge in [0, 0.05) is 11.5 Å². The fraction of sp³-hybridized carbons (Fsp3) is 0. The minimum atomic E-state index is 0. The van der Waals surface area contributed by atoms with Crippen molar-refractivity contribution in [2.45, 2.75) is 0 Å². The molecule has 0 aliphatic carbocycles. The fourth-order valence-electron chi connectivity index (χ4n) is 2.13. The molecule has 0 aliphatic rings. The van der Waals surface area contributed by atoms with Crippen molar-refractivity contribution in [3.63, 3.8) is 0 Å². The first-order valence-electron chi connectivity index (χ1n) is 6.26. The third-order valence-corrected chi connectivity index (χ3v) is 3.12. The number of benzene rings is 2. The number of pyridine rings is 1. The molecule has 3 aromatic rings. The van der Waals surface area contributed by atoms with Crippen LogP contribution < -0.4 is 22.7 Å².